The van der Waals surface area contributed by atoms with Gasteiger partial charge in [-0.25, -0.2) is 4.79 Å². The maximum Gasteiger partial charge on any atom is 0.358 e. The fraction of sp³-hybridized carbons (Fsp3) is 0.357. The van der Waals surface area contributed by atoms with E-state index < -0.39 is 42.2 Å². The second-order valence-electron chi connectivity index (χ2n) is 10.2. The Bertz CT molecular complexity index is 1260. The molecule has 2 aliphatic rings. The van der Waals surface area contributed by atoms with Gasteiger partial charge in [0.1, 0.15) is 5.70 Å². The molecule has 2 N–H and O–H groups in total. The molecule has 0 spiro atoms. The number of hydrogen-bond acceptors (Lipinski definition) is 7. The van der Waals surface area contributed by atoms with Crippen LogP contribution in [0.3, 0.4) is 0 Å². The first-order valence-electron chi connectivity index (χ1n) is 12.0. The van der Waals surface area contributed by atoms with E-state index in [1.165, 1.54) is 11.8 Å². The molecule has 9 nitrogen and oxygen atoms in total. The topological polar surface area (TPSA) is 122 Å². The van der Waals surface area contributed by atoms with E-state index in [1.807, 2.05) is 18.2 Å². The molecule has 4 rings (SSSR count). The zero-order valence-electron chi connectivity index (χ0n) is 21.2. The lowest BCUT2D eigenvalue weighted by atomic mass is 9.82. The molecule has 1 fully saturated rings. The van der Waals surface area contributed by atoms with Gasteiger partial charge in [0.25, 0.3) is 5.91 Å². The highest BCUT2D eigenvalue weighted by molar-refractivity contribution is 6.08. The number of ether oxygens (including phenoxy) is 2. The minimum atomic E-state index is -0.888. The van der Waals surface area contributed by atoms with Crippen molar-refractivity contribution in [2.45, 2.75) is 46.3 Å². The average Bonchev–Trinajstić information content (AvgIpc) is 3.19. The van der Waals surface area contributed by atoms with Crippen molar-refractivity contribution in [3.63, 3.8) is 0 Å². The first-order valence-corrected chi connectivity index (χ1v) is 12.0. The molecule has 0 bridgehead atoms. The molecule has 0 radical (unpaired) electrons. The summed E-state index contributed by atoms with van der Waals surface area (Å²) in [5, 5.41) is 12.9. The Morgan fingerprint density at radius 2 is 1.78 bits per heavy atom. The Labute approximate surface area is 215 Å². The van der Waals surface area contributed by atoms with E-state index >= 15 is 0 Å². The molecule has 9 heteroatoms. The molecule has 2 aromatic carbocycles. The molecule has 194 valence electrons. The third kappa shape index (κ3) is 5.27. The smallest absolute Gasteiger partial charge is 0.358 e. The molecule has 2 heterocycles. The molecular weight excluding hydrogens is 476 g/mol. The molecule has 0 saturated carbocycles. The first kappa shape index (κ1) is 26.1. The maximum atomic E-state index is 13.1. The van der Waals surface area contributed by atoms with Gasteiger partial charge in [-0.15, -0.1) is 0 Å². The molecular formula is C28H30N2O7. The Kier molecular flexibility index (Phi) is 7.18. The number of rotatable bonds is 7. The number of amides is 2. The van der Waals surface area contributed by atoms with Gasteiger partial charge in [-0.1, -0.05) is 30.3 Å². The first-order chi connectivity index (χ1) is 17.5. The lowest BCUT2D eigenvalue weighted by Crippen LogP contribution is -2.61. The molecule has 0 aliphatic carbocycles. The second kappa shape index (κ2) is 10.2. The zero-order chi connectivity index (χ0) is 26.9. The molecule has 2 aromatic rings. The standard InChI is InChI=1S/C28H30N2O7/c1-16(31)22-21-14-20(17-9-8-10-18(13-17)24(32)29-19-11-6-5-7-12-19)23(30(21)25(22)33)26(34)36-15-37-27(35)28(2,3)4/h5-13,16,21-22,31H,14-15H2,1-4H3,(H,29,32)/t16-,21-,22-/m1/s1. The van der Waals surface area contributed by atoms with Gasteiger partial charge >= 0.3 is 11.9 Å². The lowest BCUT2D eigenvalue weighted by molar-refractivity contribution is -0.175. The van der Waals surface area contributed by atoms with Gasteiger partial charge in [-0.05, 0) is 69.5 Å². The Hall–Kier alpha value is -3.98. The summed E-state index contributed by atoms with van der Waals surface area (Å²) in [7, 11) is 0. The van der Waals surface area contributed by atoms with E-state index in [9.17, 15) is 24.3 Å². The molecule has 0 unspecified atom stereocenters. The van der Waals surface area contributed by atoms with Crippen LogP contribution in [0.15, 0.2) is 60.3 Å². The molecule has 3 atom stereocenters. The van der Waals surface area contributed by atoms with Gasteiger partial charge in [-0.2, -0.15) is 0 Å². The summed E-state index contributed by atoms with van der Waals surface area (Å²) in [6.45, 7) is 5.97. The van der Waals surface area contributed by atoms with E-state index in [0.717, 1.165) is 0 Å². The number of fused-ring (bicyclic) bond motifs is 1. The predicted octanol–water partition coefficient (Wildman–Crippen LogP) is 3.35. The molecule has 2 aliphatic heterocycles. The quantitative estimate of drug-likeness (QED) is 0.335. The van der Waals surface area contributed by atoms with Crippen LogP contribution in [-0.2, 0) is 23.9 Å². The maximum absolute atomic E-state index is 13.1. The van der Waals surface area contributed by atoms with Crippen molar-refractivity contribution in [1.29, 1.82) is 0 Å². The number of esters is 2. The summed E-state index contributed by atoms with van der Waals surface area (Å²) in [5.74, 6) is -2.72. The monoisotopic (exact) mass is 506 g/mol. The number of carbonyl (C=O) groups excluding carboxylic acids is 4. The number of aliphatic hydroxyl groups is 1. The fourth-order valence-corrected chi connectivity index (χ4v) is 4.51. The van der Waals surface area contributed by atoms with Crippen molar-refractivity contribution < 1.29 is 33.8 Å². The van der Waals surface area contributed by atoms with Crippen LogP contribution in [0, 0.1) is 11.3 Å². The van der Waals surface area contributed by atoms with Crippen molar-refractivity contribution in [2.24, 2.45) is 11.3 Å². The Morgan fingerprint density at radius 1 is 1.08 bits per heavy atom. The van der Waals surface area contributed by atoms with Crippen LogP contribution >= 0.6 is 0 Å². The van der Waals surface area contributed by atoms with Crippen LogP contribution in [0.25, 0.3) is 5.57 Å². The highest BCUT2D eigenvalue weighted by Crippen LogP contribution is 2.47. The number of nitrogens with zero attached hydrogens (tertiary/aromatic N) is 1. The predicted molar refractivity (Wildman–Crippen MR) is 135 cm³/mol. The molecule has 37 heavy (non-hydrogen) atoms. The van der Waals surface area contributed by atoms with Crippen molar-refractivity contribution >= 4 is 35.0 Å². The number of nitrogens with one attached hydrogen (secondary N) is 1. The summed E-state index contributed by atoms with van der Waals surface area (Å²) >= 11 is 0. The molecule has 1 saturated heterocycles. The van der Waals surface area contributed by atoms with E-state index in [-0.39, 0.29) is 17.5 Å². The van der Waals surface area contributed by atoms with Gasteiger partial charge in [0.15, 0.2) is 0 Å². The van der Waals surface area contributed by atoms with Crippen LogP contribution in [0.2, 0.25) is 0 Å². The SMILES string of the molecule is C[C@@H](O)[C@H]1C(=O)N2C(C(=O)OCOC(=O)C(C)(C)C)=C(c3cccc(C(=O)Nc4ccccc4)c3)C[C@H]12. The van der Waals surface area contributed by atoms with Crippen LogP contribution in [0.1, 0.15) is 50.0 Å². The fourth-order valence-electron chi connectivity index (χ4n) is 4.51. The Balaban J connectivity index is 1.61. The van der Waals surface area contributed by atoms with Gasteiger partial charge in [0, 0.05) is 11.3 Å². The van der Waals surface area contributed by atoms with Crippen molar-refractivity contribution in [3.05, 3.63) is 71.4 Å². The zero-order valence-corrected chi connectivity index (χ0v) is 21.2. The van der Waals surface area contributed by atoms with Gasteiger partial charge in [0.05, 0.1) is 23.5 Å². The molecule has 0 aromatic heterocycles. The number of carbonyl (C=O) groups is 4. The van der Waals surface area contributed by atoms with Gasteiger partial charge in [-0.3, -0.25) is 14.4 Å². The van der Waals surface area contributed by atoms with Crippen LogP contribution in [0.4, 0.5) is 5.69 Å². The van der Waals surface area contributed by atoms with Crippen LogP contribution < -0.4 is 5.32 Å². The number of β-lactam (4-membered cyclic amide) rings is 1. The summed E-state index contributed by atoms with van der Waals surface area (Å²) in [4.78, 5) is 52.2. The van der Waals surface area contributed by atoms with E-state index in [2.05, 4.69) is 5.32 Å². The number of hydrogen-bond donors (Lipinski definition) is 2. The summed E-state index contributed by atoms with van der Waals surface area (Å²) in [5.41, 5.74) is 1.36. The van der Waals surface area contributed by atoms with E-state index in [4.69, 9.17) is 9.47 Å². The minimum Gasteiger partial charge on any atom is -0.427 e. The summed E-state index contributed by atoms with van der Waals surface area (Å²) < 4.78 is 10.3. The van der Waals surface area contributed by atoms with Gasteiger partial charge < -0.3 is 24.8 Å². The van der Waals surface area contributed by atoms with E-state index in [0.29, 0.717) is 28.8 Å². The minimum absolute atomic E-state index is 0.0272. The van der Waals surface area contributed by atoms with Crippen molar-refractivity contribution in [1.82, 2.24) is 4.90 Å². The largest absolute Gasteiger partial charge is 0.427 e. The lowest BCUT2D eigenvalue weighted by Gasteiger charge is -2.44. The number of benzene rings is 2. The normalized spacial score (nSPS) is 19.6. The average molecular weight is 507 g/mol. The highest BCUT2D eigenvalue weighted by atomic mass is 16.7. The second-order valence-corrected chi connectivity index (χ2v) is 10.2. The van der Waals surface area contributed by atoms with Gasteiger partial charge in [0.2, 0.25) is 12.7 Å². The van der Waals surface area contributed by atoms with Crippen molar-refractivity contribution in [3.8, 4) is 0 Å². The van der Waals surface area contributed by atoms with E-state index in [1.54, 1.807) is 57.2 Å². The summed E-state index contributed by atoms with van der Waals surface area (Å²) in [6, 6.07) is 15.3. The number of para-hydroxylation sites is 1. The van der Waals surface area contributed by atoms with Crippen LogP contribution in [-0.4, -0.2) is 52.7 Å². The number of anilines is 1. The number of aliphatic hydroxyl groups excluding tert-OH is 1. The van der Waals surface area contributed by atoms with Crippen LogP contribution in [0.5, 0.6) is 0 Å². The third-order valence-electron chi connectivity index (χ3n) is 6.42. The van der Waals surface area contributed by atoms with Crippen molar-refractivity contribution in [2.75, 3.05) is 12.1 Å². The summed E-state index contributed by atoms with van der Waals surface area (Å²) in [6.07, 6.45) is -0.585. The highest BCUT2D eigenvalue weighted by Gasteiger charge is 2.57. The third-order valence-corrected chi connectivity index (χ3v) is 6.42. The molecule has 2 amide bonds. The Morgan fingerprint density at radius 3 is 2.43 bits per heavy atom.